The highest BCUT2D eigenvalue weighted by Gasteiger charge is 2.25. The fourth-order valence-corrected chi connectivity index (χ4v) is 4.13. The first-order valence-corrected chi connectivity index (χ1v) is 10.6. The quantitative estimate of drug-likeness (QED) is 0.325. The minimum atomic E-state index is -0.480. The van der Waals surface area contributed by atoms with Crippen molar-refractivity contribution in [3.63, 3.8) is 0 Å². The SMILES string of the molecule is O=C(Nc1ccc(-c2nc3ccccc3s2)cn1)c1ccc(NC2CC2)c([N+](=O)[O-])c1. The van der Waals surface area contributed by atoms with E-state index in [4.69, 9.17) is 0 Å². The monoisotopic (exact) mass is 431 g/mol. The first-order valence-electron chi connectivity index (χ1n) is 9.75. The van der Waals surface area contributed by atoms with Crippen molar-refractivity contribution in [2.24, 2.45) is 0 Å². The van der Waals surface area contributed by atoms with Crippen LogP contribution < -0.4 is 10.6 Å². The molecule has 0 unspecified atom stereocenters. The van der Waals surface area contributed by atoms with Crippen molar-refractivity contribution in [2.75, 3.05) is 10.6 Å². The summed E-state index contributed by atoms with van der Waals surface area (Å²) in [4.78, 5) is 32.4. The predicted octanol–water partition coefficient (Wildman–Crippen LogP) is 5.09. The lowest BCUT2D eigenvalue weighted by Crippen LogP contribution is -2.14. The van der Waals surface area contributed by atoms with E-state index >= 15 is 0 Å². The van der Waals surface area contributed by atoms with Gasteiger partial charge in [0.05, 0.1) is 15.1 Å². The Morgan fingerprint density at radius 1 is 1.13 bits per heavy atom. The molecule has 9 heteroatoms. The molecule has 5 rings (SSSR count). The van der Waals surface area contributed by atoms with Crippen LogP contribution in [0.3, 0.4) is 0 Å². The number of nitrogens with zero attached hydrogens (tertiary/aromatic N) is 3. The zero-order chi connectivity index (χ0) is 21.4. The Morgan fingerprint density at radius 2 is 1.97 bits per heavy atom. The van der Waals surface area contributed by atoms with E-state index in [1.807, 2.05) is 30.3 Å². The number of pyridine rings is 1. The zero-order valence-electron chi connectivity index (χ0n) is 16.2. The Kier molecular flexibility index (Phi) is 4.79. The van der Waals surface area contributed by atoms with Gasteiger partial charge in [0.1, 0.15) is 16.5 Å². The molecule has 2 aromatic heterocycles. The highest BCUT2D eigenvalue weighted by atomic mass is 32.1. The third kappa shape index (κ3) is 4.08. The maximum atomic E-state index is 12.6. The molecule has 1 aliphatic rings. The zero-order valence-corrected chi connectivity index (χ0v) is 17.1. The molecule has 1 fully saturated rings. The molecule has 0 aliphatic heterocycles. The van der Waals surface area contributed by atoms with E-state index < -0.39 is 10.8 Å². The van der Waals surface area contributed by atoms with Crippen LogP contribution in [0.1, 0.15) is 23.2 Å². The third-order valence-electron chi connectivity index (χ3n) is 4.94. The molecular formula is C22H17N5O3S. The first-order chi connectivity index (χ1) is 15.1. The highest BCUT2D eigenvalue weighted by molar-refractivity contribution is 7.21. The highest BCUT2D eigenvalue weighted by Crippen LogP contribution is 2.32. The van der Waals surface area contributed by atoms with Crippen LogP contribution in [-0.2, 0) is 0 Å². The number of hydrogen-bond donors (Lipinski definition) is 2. The molecule has 154 valence electrons. The number of carbonyl (C=O) groups is 1. The fraction of sp³-hybridized carbons (Fsp3) is 0.136. The number of para-hydroxylation sites is 1. The van der Waals surface area contributed by atoms with Gasteiger partial charge in [-0.1, -0.05) is 12.1 Å². The number of benzene rings is 2. The molecule has 0 spiro atoms. The number of aromatic nitrogens is 2. The number of hydrogen-bond acceptors (Lipinski definition) is 7. The maximum Gasteiger partial charge on any atom is 0.293 e. The van der Waals surface area contributed by atoms with Crippen LogP contribution in [-0.4, -0.2) is 26.8 Å². The van der Waals surface area contributed by atoms with Crippen molar-refractivity contribution >= 4 is 44.7 Å². The van der Waals surface area contributed by atoms with Gasteiger partial charge in [-0.25, -0.2) is 9.97 Å². The molecule has 2 N–H and O–H groups in total. The Morgan fingerprint density at radius 3 is 2.68 bits per heavy atom. The van der Waals surface area contributed by atoms with E-state index in [1.54, 1.807) is 35.7 Å². The molecule has 31 heavy (non-hydrogen) atoms. The summed E-state index contributed by atoms with van der Waals surface area (Å²) in [5.41, 5.74) is 2.30. The summed E-state index contributed by atoms with van der Waals surface area (Å²) in [5, 5.41) is 18.1. The Balaban J connectivity index is 1.33. The van der Waals surface area contributed by atoms with Gasteiger partial charge in [-0.3, -0.25) is 14.9 Å². The van der Waals surface area contributed by atoms with Gasteiger partial charge in [-0.15, -0.1) is 11.3 Å². The Bertz CT molecular complexity index is 1270. The molecule has 0 saturated heterocycles. The van der Waals surface area contributed by atoms with Gasteiger partial charge in [0.25, 0.3) is 11.6 Å². The molecule has 1 aliphatic carbocycles. The number of nitro groups is 1. The van der Waals surface area contributed by atoms with Gasteiger partial charge < -0.3 is 10.6 Å². The number of rotatable bonds is 6. The van der Waals surface area contributed by atoms with Crippen LogP contribution in [0.5, 0.6) is 0 Å². The van der Waals surface area contributed by atoms with Crippen LogP contribution in [0.2, 0.25) is 0 Å². The summed E-state index contributed by atoms with van der Waals surface area (Å²) in [6, 6.07) is 16.1. The first kappa shape index (κ1) is 19.1. The Hall–Kier alpha value is -3.85. The van der Waals surface area contributed by atoms with Crippen molar-refractivity contribution < 1.29 is 9.72 Å². The minimum Gasteiger partial charge on any atom is -0.377 e. The number of anilines is 2. The molecule has 2 aromatic carbocycles. The Labute approximate surface area is 181 Å². The van der Waals surface area contributed by atoms with Gasteiger partial charge in [0, 0.05) is 29.4 Å². The molecule has 4 aromatic rings. The lowest BCUT2D eigenvalue weighted by molar-refractivity contribution is -0.384. The molecule has 1 saturated carbocycles. The number of nitro benzene ring substituents is 1. The summed E-state index contributed by atoms with van der Waals surface area (Å²) in [5.74, 6) is -0.0981. The molecule has 2 heterocycles. The molecule has 0 atom stereocenters. The number of fused-ring (bicyclic) bond motifs is 1. The van der Waals surface area contributed by atoms with E-state index in [1.165, 1.54) is 6.07 Å². The smallest absolute Gasteiger partial charge is 0.293 e. The normalized spacial score (nSPS) is 13.2. The van der Waals surface area contributed by atoms with E-state index in [2.05, 4.69) is 20.6 Å². The maximum absolute atomic E-state index is 12.6. The summed E-state index contributed by atoms with van der Waals surface area (Å²) in [6.07, 6.45) is 3.65. The minimum absolute atomic E-state index is 0.112. The van der Waals surface area contributed by atoms with Crippen molar-refractivity contribution in [1.82, 2.24) is 9.97 Å². The van der Waals surface area contributed by atoms with Crippen molar-refractivity contribution in [2.45, 2.75) is 18.9 Å². The summed E-state index contributed by atoms with van der Waals surface area (Å²) < 4.78 is 1.09. The molecular weight excluding hydrogens is 414 g/mol. The van der Waals surface area contributed by atoms with E-state index in [-0.39, 0.29) is 17.3 Å². The second-order valence-electron chi connectivity index (χ2n) is 7.28. The van der Waals surface area contributed by atoms with Crippen LogP contribution in [0.4, 0.5) is 17.2 Å². The molecule has 1 amide bonds. The van der Waals surface area contributed by atoms with Crippen LogP contribution >= 0.6 is 11.3 Å². The topological polar surface area (TPSA) is 110 Å². The molecule has 0 bridgehead atoms. The lowest BCUT2D eigenvalue weighted by atomic mass is 10.1. The van der Waals surface area contributed by atoms with Gasteiger partial charge in [0.2, 0.25) is 0 Å². The van der Waals surface area contributed by atoms with Gasteiger partial charge in [-0.2, -0.15) is 0 Å². The molecule has 8 nitrogen and oxygen atoms in total. The fourth-order valence-electron chi connectivity index (χ4n) is 3.17. The van der Waals surface area contributed by atoms with E-state index in [9.17, 15) is 14.9 Å². The van der Waals surface area contributed by atoms with Crippen molar-refractivity contribution in [3.05, 3.63) is 76.5 Å². The lowest BCUT2D eigenvalue weighted by Gasteiger charge is -2.08. The van der Waals surface area contributed by atoms with Gasteiger partial charge in [0.15, 0.2) is 0 Å². The van der Waals surface area contributed by atoms with E-state index in [0.29, 0.717) is 11.5 Å². The summed E-state index contributed by atoms with van der Waals surface area (Å²) >= 11 is 1.57. The van der Waals surface area contributed by atoms with Crippen molar-refractivity contribution in [1.29, 1.82) is 0 Å². The number of nitrogens with one attached hydrogen (secondary N) is 2. The average Bonchev–Trinajstić information content (AvgIpc) is 3.48. The predicted molar refractivity (Wildman–Crippen MR) is 121 cm³/mol. The standard InChI is InChI=1S/C22H17N5O3S/c28-21(13-5-9-16(24-15-7-8-15)18(11-13)27(29)30)26-20-10-6-14(12-23-20)22-25-17-3-1-2-4-19(17)31-22/h1-6,9-12,15,24H,7-8H2,(H,23,26,28). The largest absolute Gasteiger partial charge is 0.377 e. The number of thiazole rings is 1. The van der Waals surface area contributed by atoms with Gasteiger partial charge >= 0.3 is 0 Å². The average molecular weight is 431 g/mol. The van der Waals surface area contributed by atoms with Gasteiger partial charge in [-0.05, 0) is 49.2 Å². The third-order valence-corrected chi connectivity index (χ3v) is 6.02. The number of amides is 1. The van der Waals surface area contributed by atoms with Crippen LogP contribution in [0, 0.1) is 10.1 Å². The van der Waals surface area contributed by atoms with Crippen LogP contribution in [0.15, 0.2) is 60.8 Å². The summed E-state index contributed by atoms with van der Waals surface area (Å²) in [6.45, 7) is 0. The molecule has 0 radical (unpaired) electrons. The summed E-state index contributed by atoms with van der Waals surface area (Å²) in [7, 11) is 0. The van der Waals surface area contributed by atoms with E-state index in [0.717, 1.165) is 33.6 Å². The van der Waals surface area contributed by atoms with Crippen molar-refractivity contribution in [3.8, 4) is 10.6 Å². The second kappa shape index (κ2) is 7.77. The second-order valence-corrected chi connectivity index (χ2v) is 8.31. The van der Waals surface area contributed by atoms with Crippen LogP contribution in [0.25, 0.3) is 20.8 Å². The number of carbonyl (C=O) groups excluding carboxylic acids is 1.